The molecule has 9 nitrogen and oxygen atoms in total. The Kier molecular flexibility index (Phi) is 10.1. The van der Waals surface area contributed by atoms with Crippen molar-refractivity contribution in [1.82, 2.24) is 25.6 Å². The van der Waals surface area contributed by atoms with E-state index in [-0.39, 0.29) is 101 Å². The molecule has 0 atom stereocenters. The smallest absolute Gasteiger partial charge is 0.356 e. The summed E-state index contributed by atoms with van der Waals surface area (Å²) in [5.41, 5.74) is 0.236. The number of H-pyrrole nitrogens is 1. The molecule has 0 bridgehead atoms. The van der Waals surface area contributed by atoms with E-state index in [0.29, 0.717) is 13.1 Å². The van der Waals surface area contributed by atoms with Crippen LogP contribution < -0.4 is 20.9 Å². The molecule has 3 heterocycles. The van der Waals surface area contributed by atoms with Gasteiger partial charge in [-0.25, -0.2) is 18.7 Å². The second-order valence-corrected chi connectivity index (χ2v) is 13.9. The highest BCUT2D eigenvalue weighted by atomic mass is 35.5. The number of hydrogen-bond donors (Lipinski definition) is 4. The standard InChI is InChI=1S/C31H36Cl2F5N7O2/c1-30(2,3)28(47)39-14-15-12-20(35)23(33)24(22(15)32)42-29-41-21-13-19(26(43-25(21)44-29)45-10-8-17(34)9-11-45)27(46)40-18-6-4-16(5-7-18)31(36,37)38/h12-13,16-18H,4-11,14H2,1-3H3,(H,39,47)(H,40,46)(H2,41,42,43,44)/t16-,18-. The summed E-state index contributed by atoms with van der Waals surface area (Å²) < 4.78 is 68.3. The number of aromatic amines is 1. The maximum atomic E-state index is 14.9. The molecule has 0 unspecified atom stereocenters. The first-order valence-corrected chi connectivity index (χ1v) is 16.2. The summed E-state index contributed by atoms with van der Waals surface area (Å²) >= 11 is 12.9. The summed E-state index contributed by atoms with van der Waals surface area (Å²) in [5.74, 6) is -2.61. The van der Waals surface area contributed by atoms with Crippen LogP contribution in [-0.4, -0.2) is 58.2 Å². The van der Waals surface area contributed by atoms with E-state index in [4.69, 9.17) is 23.2 Å². The molecule has 0 spiro atoms. The first-order valence-electron chi connectivity index (χ1n) is 15.4. The van der Waals surface area contributed by atoms with Crippen molar-refractivity contribution in [3.8, 4) is 0 Å². The molecule has 1 saturated heterocycles. The minimum absolute atomic E-state index is 0.00920. The van der Waals surface area contributed by atoms with Crippen LogP contribution in [0.25, 0.3) is 11.2 Å². The third-order valence-corrected chi connectivity index (χ3v) is 9.34. The SMILES string of the molecule is CC(C)(C)C(=O)NCc1cc(F)c(Cl)c(Nc2nc3cc(C(=O)N[C@H]4CC[C@H](C(F)(F)F)CC4)c(N4CCC(F)CC4)nc3[nH]2)c1Cl. The van der Waals surface area contributed by atoms with Crippen molar-refractivity contribution in [3.05, 3.63) is 39.1 Å². The van der Waals surface area contributed by atoms with Gasteiger partial charge in [0.05, 0.1) is 22.2 Å². The van der Waals surface area contributed by atoms with Crippen molar-refractivity contribution in [3.63, 3.8) is 0 Å². The number of imidazole rings is 1. The molecular formula is C31H36Cl2F5N7O2. The minimum atomic E-state index is -4.27. The second kappa shape index (κ2) is 13.6. The van der Waals surface area contributed by atoms with Crippen molar-refractivity contribution < 1.29 is 31.5 Å². The van der Waals surface area contributed by atoms with Gasteiger partial charge >= 0.3 is 6.18 Å². The summed E-state index contributed by atoms with van der Waals surface area (Å²) in [6.45, 7) is 5.76. The van der Waals surface area contributed by atoms with Crippen LogP contribution in [0.1, 0.15) is 75.2 Å². The fourth-order valence-electron chi connectivity index (χ4n) is 5.74. The number of aromatic nitrogens is 3. The second-order valence-electron chi connectivity index (χ2n) is 13.1. The number of carbonyl (C=O) groups is 2. The van der Waals surface area contributed by atoms with Crippen LogP contribution in [0.3, 0.4) is 0 Å². The van der Waals surface area contributed by atoms with Crippen LogP contribution in [0.2, 0.25) is 10.0 Å². The molecule has 2 aromatic heterocycles. The van der Waals surface area contributed by atoms with Gasteiger partial charge in [0, 0.05) is 31.1 Å². The summed E-state index contributed by atoms with van der Waals surface area (Å²) in [7, 11) is 0. The van der Waals surface area contributed by atoms with E-state index in [1.807, 2.05) is 0 Å². The van der Waals surface area contributed by atoms with Gasteiger partial charge in [0.2, 0.25) is 11.9 Å². The van der Waals surface area contributed by atoms with Crippen LogP contribution in [0.15, 0.2) is 12.1 Å². The molecule has 1 aliphatic carbocycles. The van der Waals surface area contributed by atoms with E-state index < -0.39 is 41.4 Å². The summed E-state index contributed by atoms with van der Waals surface area (Å²) in [4.78, 5) is 39.8. The number of fused-ring (bicyclic) bond motifs is 1. The molecule has 1 aromatic carbocycles. The summed E-state index contributed by atoms with van der Waals surface area (Å²) in [6.07, 6.45) is -4.55. The van der Waals surface area contributed by atoms with Crippen LogP contribution >= 0.6 is 23.2 Å². The van der Waals surface area contributed by atoms with Gasteiger partial charge in [-0.15, -0.1) is 0 Å². The third kappa shape index (κ3) is 8.02. The van der Waals surface area contributed by atoms with Crippen molar-refractivity contribution in [2.75, 3.05) is 23.3 Å². The largest absolute Gasteiger partial charge is 0.391 e. The average molecular weight is 705 g/mol. The highest BCUT2D eigenvalue weighted by Crippen LogP contribution is 2.39. The quantitative estimate of drug-likeness (QED) is 0.149. The Morgan fingerprint density at radius 3 is 2.28 bits per heavy atom. The molecule has 2 amide bonds. The lowest BCUT2D eigenvalue weighted by Crippen LogP contribution is -2.41. The predicted octanol–water partition coefficient (Wildman–Crippen LogP) is 7.60. The molecule has 2 aliphatic rings. The Labute approximate surface area is 278 Å². The molecule has 1 aliphatic heterocycles. The highest BCUT2D eigenvalue weighted by Gasteiger charge is 2.41. The Morgan fingerprint density at radius 1 is 1.00 bits per heavy atom. The zero-order valence-electron chi connectivity index (χ0n) is 26.1. The molecule has 0 radical (unpaired) electrons. The lowest BCUT2D eigenvalue weighted by atomic mass is 9.85. The number of pyridine rings is 1. The Balaban J connectivity index is 1.42. The molecule has 3 aromatic rings. The maximum Gasteiger partial charge on any atom is 0.391 e. The summed E-state index contributed by atoms with van der Waals surface area (Å²) in [5, 5.41) is 8.20. The number of alkyl halides is 4. The lowest BCUT2D eigenvalue weighted by Gasteiger charge is -2.32. The van der Waals surface area contributed by atoms with Crippen LogP contribution in [0.4, 0.5) is 39.4 Å². The molecule has 2 fully saturated rings. The highest BCUT2D eigenvalue weighted by molar-refractivity contribution is 6.39. The Bertz CT molecular complexity index is 1640. The van der Waals surface area contributed by atoms with Gasteiger partial charge < -0.3 is 25.8 Å². The van der Waals surface area contributed by atoms with Gasteiger partial charge in [-0.1, -0.05) is 44.0 Å². The van der Waals surface area contributed by atoms with Gasteiger partial charge in [0.1, 0.15) is 28.3 Å². The van der Waals surface area contributed by atoms with E-state index >= 15 is 0 Å². The maximum absolute atomic E-state index is 14.9. The third-order valence-electron chi connectivity index (χ3n) is 8.54. The van der Waals surface area contributed by atoms with Gasteiger partial charge in [-0.3, -0.25) is 9.59 Å². The number of amides is 2. The van der Waals surface area contributed by atoms with E-state index in [2.05, 4.69) is 30.9 Å². The van der Waals surface area contributed by atoms with Crippen molar-refractivity contribution in [1.29, 1.82) is 0 Å². The average Bonchev–Trinajstić information content (AvgIpc) is 3.41. The monoisotopic (exact) mass is 703 g/mol. The first-order chi connectivity index (χ1) is 22.0. The molecule has 256 valence electrons. The number of nitrogens with zero attached hydrogens (tertiary/aromatic N) is 3. The van der Waals surface area contributed by atoms with Crippen LogP contribution in [0.5, 0.6) is 0 Å². The van der Waals surface area contributed by atoms with Crippen LogP contribution in [0, 0.1) is 17.2 Å². The van der Waals surface area contributed by atoms with Crippen molar-refractivity contribution in [2.45, 2.75) is 84.2 Å². The van der Waals surface area contributed by atoms with Gasteiger partial charge in [0.15, 0.2) is 5.65 Å². The number of piperidine rings is 1. The lowest BCUT2D eigenvalue weighted by molar-refractivity contribution is -0.182. The predicted molar refractivity (Wildman–Crippen MR) is 171 cm³/mol. The summed E-state index contributed by atoms with van der Waals surface area (Å²) in [6, 6.07) is 2.18. The number of rotatable bonds is 7. The molecular weight excluding hydrogens is 668 g/mol. The van der Waals surface area contributed by atoms with E-state index in [1.165, 1.54) is 6.07 Å². The van der Waals surface area contributed by atoms with Gasteiger partial charge in [-0.05, 0) is 56.2 Å². The molecule has 1 saturated carbocycles. The molecule has 47 heavy (non-hydrogen) atoms. The van der Waals surface area contributed by atoms with E-state index in [0.717, 1.165) is 6.07 Å². The number of benzene rings is 1. The van der Waals surface area contributed by atoms with E-state index in [1.54, 1.807) is 25.7 Å². The minimum Gasteiger partial charge on any atom is -0.356 e. The topological polar surface area (TPSA) is 115 Å². The van der Waals surface area contributed by atoms with Crippen molar-refractivity contribution in [2.24, 2.45) is 11.3 Å². The van der Waals surface area contributed by atoms with E-state index in [9.17, 15) is 31.5 Å². The fraction of sp³-hybridized carbons (Fsp3) is 0.548. The number of hydrogen-bond acceptors (Lipinski definition) is 6. The molecule has 4 N–H and O–H groups in total. The number of halogens is 7. The number of carbonyl (C=O) groups excluding carboxylic acids is 2. The normalized spacial score (nSPS) is 19.6. The molecule has 16 heteroatoms. The Hall–Kier alpha value is -3.39. The van der Waals surface area contributed by atoms with Gasteiger partial charge in [0.25, 0.3) is 5.91 Å². The van der Waals surface area contributed by atoms with Crippen molar-refractivity contribution >= 4 is 63.6 Å². The Morgan fingerprint density at radius 2 is 1.66 bits per heavy atom. The number of nitrogens with one attached hydrogen (secondary N) is 4. The van der Waals surface area contributed by atoms with Crippen LogP contribution in [-0.2, 0) is 11.3 Å². The molecule has 5 rings (SSSR count). The zero-order chi connectivity index (χ0) is 34.3. The van der Waals surface area contributed by atoms with Gasteiger partial charge in [-0.2, -0.15) is 13.2 Å². The zero-order valence-corrected chi connectivity index (χ0v) is 27.6. The number of anilines is 3. The fourth-order valence-corrected chi connectivity index (χ4v) is 6.25. The first kappa shape index (κ1) is 34.9.